The number of thiazole rings is 1. The van der Waals surface area contributed by atoms with Crippen molar-refractivity contribution in [2.75, 3.05) is 11.4 Å². The van der Waals surface area contributed by atoms with Crippen molar-refractivity contribution >= 4 is 40.0 Å². The minimum absolute atomic E-state index is 0.0539. The monoisotopic (exact) mass is 419 g/mol. The predicted octanol–water partition coefficient (Wildman–Crippen LogP) is 5.28. The van der Waals surface area contributed by atoms with Crippen LogP contribution in [-0.4, -0.2) is 28.2 Å². The number of anilines is 2. The number of para-hydroxylation sites is 1. The highest BCUT2D eigenvalue weighted by Gasteiger charge is 2.17. The lowest BCUT2D eigenvalue weighted by Crippen LogP contribution is -2.29. The zero-order valence-electron chi connectivity index (χ0n) is 17.2. The Morgan fingerprint density at radius 2 is 1.70 bits per heavy atom. The highest BCUT2D eigenvalue weighted by molar-refractivity contribution is 7.14. The molecule has 1 heterocycles. The molecule has 2 amide bonds. The van der Waals surface area contributed by atoms with E-state index in [0.29, 0.717) is 23.9 Å². The molecule has 0 radical (unpaired) electrons. The smallest absolute Gasteiger partial charge is 0.246 e. The number of nitrogens with zero attached hydrogens (tertiary/aromatic N) is 3. The van der Waals surface area contributed by atoms with Crippen molar-refractivity contribution < 1.29 is 9.59 Å². The number of benzene rings is 2. The van der Waals surface area contributed by atoms with Gasteiger partial charge < -0.3 is 4.90 Å². The summed E-state index contributed by atoms with van der Waals surface area (Å²) in [6.45, 7) is 4.83. The first-order valence-electron chi connectivity index (χ1n) is 9.90. The fourth-order valence-corrected chi connectivity index (χ4v) is 3.92. The molecular weight excluding hydrogens is 394 g/mol. The lowest BCUT2D eigenvalue weighted by molar-refractivity contribution is -0.126. The van der Waals surface area contributed by atoms with Gasteiger partial charge in [0.05, 0.1) is 11.4 Å². The van der Waals surface area contributed by atoms with Gasteiger partial charge in [0.2, 0.25) is 11.8 Å². The first kappa shape index (κ1) is 21.5. The summed E-state index contributed by atoms with van der Waals surface area (Å²) >= 11 is 1.37. The first-order chi connectivity index (χ1) is 14.6. The molecule has 0 bridgehead atoms. The fraction of sp³-hybridized carbons (Fsp3) is 0.208. The maximum atomic E-state index is 12.7. The second kappa shape index (κ2) is 10.5. The number of carbonyl (C=O) groups excluding carboxylic acids is 2. The Labute approximate surface area is 181 Å². The van der Waals surface area contributed by atoms with Gasteiger partial charge >= 0.3 is 0 Å². The van der Waals surface area contributed by atoms with Crippen molar-refractivity contribution in [3.05, 3.63) is 83.4 Å². The summed E-state index contributed by atoms with van der Waals surface area (Å²) in [5.41, 5.74) is 2.52. The molecular formula is C24H25N3O2S. The average molecular weight is 420 g/mol. The summed E-state index contributed by atoms with van der Waals surface area (Å²) in [4.78, 5) is 32.8. The summed E-state index contributed by atoms with van der Waals surface area (Å²) in [5, 5.41) is 2.43. The number of hydrogen-bond acceptors (Lipinski definition) is 4. The van der Waals surface area contributed by atoms with Crippen molar-refractivity contribution in [1.29, 1.82) is 0 Å². The highest BCUT2D eigenvalue weighted by atomic mass is 32.1. The Balaban J connectivity index is 1.73. The van der Waals surface area contributed by atoms with Crippen molar-refractivity contribution in [2.24, 2.45) is 0 Å². The van der Waals surface area contributed by atoms with E-state index in [1.165, 1.54) is 18.3 Å². The molecule has 0 aliphatic heterocycles. The van der Waals surface area contributed by atoms with Crippen molar-refractivity contribution in [1.82, 2.24) is 9.88 Å². The van der Waals surface area contributed by atoms with E-state index in [2.05, 4.69) is 11.9 Å². The lowest BCUT2D eigenvalue weighted by atomic mass is 10.2. The predicted molar refractivity (Wildman–Crippen MR) is 123 cm³/mol. The van der Waals surface area contributed by atoms with Crippen molar-refractivity contribution in [3.8, 4) is 0 Å². The molecule has 1 aromatic heterocycles. The van der Waals surface area contributed by atoms with Gasteiger partial charge in [-0.3, -0.25) is 14.5 Å². The molecule has 0 N–H and O–H groups in total. The van der Waals surface area contributed by atoms with Crippen LogP contribution in [0.4, 0.5) is 10.8 Å². The molecule has 0 saturated carbocycles. The summed E-state index contributed by atoms with van der Waals surface area (Å²) in [5.74, 6) is -0.166. The van der Waals surface area contributed by atoms with Crippen LogP contribution >= 0.6 is 11.3 Å². The maximum absolute atomic E-state index is 12.7. The van der Waals surface area contributed by atoms with Crippen LogP contribution in [0.2, 0.25) is 0 Å². The maximum Gasteiger partial charge on any atom is 0.246 e. The number of carbonyl (C=O) groups is 2. The standard InChI is InChI=1S/C24H25N3O2S/c1-3-16-26(17-20-10-6-4-7-11-20)23(29)15-14-21-18-30-24(25-21)27(19(2)28)22-12-8-5-9-13-22/h4-15,18H,3,16-17H2,1-2H3/b15-14+. The van der Waals surface area contributed by atoms with Gasteiger partial charge in [-0.25, -0.2) is 4.98 Å². The lowest BCUT2D eigenvalue weighted by Gasteiger charge is -2.20. The Hall–Kier alpha value is -3.25. The van der Waals surface area contributed by atoms with Crippen molar-refractivity contribution in [3.63, 3.8) is 0 Å². The molecule has 3 rings (SSSR count). The molecule has 30 heavy (non-hydrogen) atoms. The van der Waals surface area contributed by atoms with Gasteiger partial charge in [0.15, 0.2) is 5.13 Å². The van der Waals surface area contributed by atoms with E-state index in [0.717, 1.165) is 17.7 Å². The molecule has 6 heteroatoms. The minimum Gasteiger partial charge on any atom is -0.335 e. The van der Waals surface area contributed by atoms with Gasteiger partial charge in [-0.15, -0.1) is 11.3 Å². The topological polar surface area (TPSA) is 53.5 Å². The molecule has 3 aromatic rings. The van der Waals surface area contributed by atoms with Gasteiger partial charge in [-0.1, -0.05) is 55.5 Å². The minimum atomic E-state index is -0.112. The third-order valence-electron chi connectivity index (χ3n) is 4.45. The van der Waals surface area contributed by atoms with E-state index in [-0.39, 0.29) is 11.8 Å². The van der Waals surface area contributed by atoms with E-state index >= 15 is 0 Å². The van der Waals surface area contributed by atoms with E-state index < -0.39 is 0 Å². The third kappa shape index (κ3) is 5.64. The summed E-state index contributed by atoms with van der Waals surface area (Å²) < 4.78 is 0. The van der Waals surface area contributed by atoms with Crippen LogP contribution in [0.1, 0.15) is 31.5 Å². The normalized spacial score (nSPS) is 10.9. The molecule has 0 atom stereocenters. The Morgan fingerprint density at radius 3 is 2.33 bits per heavy atom. The van der Waals surface area contributed by atoms with Gasteiger partial charge in [0, 0.05) is 31.5 Å². The molecule has 0 unspecified atom stereocenters. The zero-order chi connectivity index (χ0) is 21.3. The second-order valence-electron chi connectivity index (χ2n) is 6.82. The molecule has 0 saturated heterocycles. The zero-order valence-corrected chi connectivity index (χ0v) is 18.0. The molecule has 0 aliphatic carbocycles. The molecule has 5 nitrogen and oxygen atoms in total. The summed E-state index contributed by atoms with van der Waals surface area (Å²) in [6.07, 6.45) is 4.15. The third-order valence-corrected chi connectivity index (χ3v) is 5.29. The van der Waals surface area contributed by atoms with Crippen LogP contribution in [-0.2, 0) is 16.1 Å². The van der Waals surface area contributed by atoms with Crippen LogP contribution in [0.3, 0.4) is 0 Å². The number of hydrogen-bond donors (Lipinski definition) is 0. The highest BCUT2D eigenvalue weighted by Crippen LogP contribution is 2.29. The number of rotatable bonds is 8. The number of amides is 2. The van der Waals surface area contributed by atoms with Crippen LogP contribution in [0.25, 0.3) is 6.08 Å². The van der Waals surface area contributed by atoms with Gasteiger partial charge in [-0.2, -0.15) is 0 Å². The van der Waals surface area contributed by atoms with Gasteiger partial charge in [0.25, 0.3) is 0 Å². The first-order valence-corrected chi connectivity index (χ1v) is 10.8. The second-order valence-corrected chi connectivity index (χ2v) is 7.66. The van der Waals surface area contributed by atoms with Crippen LogP contribution < -0.4 is 4.90 Å². The quantitative estimate of drug-likeness (QED) is 0.467. The summed E-state index contributed by atoms with van der Waals surface area (Å²) in [7, 11) is 0. The van der Waals surface area contributed by atoms with Gasteiger partial charge in [0.1, 0.15) is 0 Å². The van der Waals surface area contributed by atoms with Crippen LogP contribution in [0.15, 0.2) is 72.1 Å². The molecule has 154 valence electrons. The SMILES string of the molecule is CCCN(Cc1ccccc1)C(=O)/C=C/c1csc(N(C(C)=O)c2ccccc2)n1. The average Bonchev–Trinajstić information content (AvgIpc) is 3.21. The van der Waals surface area contributed by atoms with Crippen LogP contribution in [0, 0.1) is 0 Å². The summed E-state index contributed by atoms with van der Waals surface area (Å²) in [6, 6.07) is 19.4. The molecule has 0 fully saturated rings. The Bertz CT molecular complexity index is 1000. The molecule has 0 spiro atoms. The largest absolute Gasteiger partial charge is 0.335 e. The van der Waals surface area contributed by atoms with Crippen molar-refractivity contribution in [2.45, 2.75) is 26.8 Å². The van der Waals surface area contributed by atoms with E-state index in [4.69, 9.17) is 0 Å². The Kier molecular flexibility index (Phi) is 7.51. The fourth-order valence-electron chi connectivity index (χ4n) is 3.06. The number of aromatic nitrogens is 1. The molecule has 0 aliphatic rings. The molecule has 2 aromatic carbocycles. The van der Waals surface area contributed by atoms with E-state index in [1.807, 2.05) is 70.9 Å². The van der Waals surface area contributed by atoms with E-state index in [1.54, 1.807) is 17.1 Å². The van der Waals surface area contributed by atoms with E-state index in [9.17, 15) is 9.59 Å². The van der Waals surface area contributed by atoms with Crippen LogP contribution in [0.5, 0.6) is 0 Å². The Morgan fingerprint density at radius 1 is 1.03 bits per heavy atom. The van der Waals surface area contributed by atoms with Gasteiger partial charge in [-0.05, 0) is 30.2 Å².